The average molecular weight is 298 g/mol. The Morgan fingerprint density at radius 2 is 2.16 bits per heavy atom. The molecule has 2 N–H and O–H groups in total. The molecule has 0 spiro atoms. The highest BCUT2D eigenvalue weighted by atomic mass is 35.5. The van der Waals surface area contributed by atoms with Crippen LogP contribution in [0.4, 0.5) is 5.82 Å². The molecule has 0 fully saturated rings. The molecule has 104 valence electrons. The molecule has 0 aliphatic heterocycles. The number of nitrogens with two attached hydrogens (primary N) is 1. The molecular weight excluding hydrogens is 278 g/mol. The number of nitrogens with zero attached hydrogens (tertiary/aromatic N) is 2. The summed E-state index contributed by atoms with van der Waals surface area (Å²) in [7, 11) is 0. The molecule has 0 unspecified atom stereocenters. The molecule has 0 amide bonds. The van der Waals surface area contributed by atoms with E-state index in [1.54, 1.807) is 0 Å². The van der Waals surface area contributed by atoms with Crippen molar-refractivity contribution in [1.82, 2.24) is 9.88 Å². The van der Waals surface area contributed by atoms with Gasteiger partial charge in [-0.1, -0.05) is 19.1 Å². The maximum absolute atomic E-state index is 5.59. The maximum atomic E-state index is 5.59. The smallest absolute Gasteiger partial charge is 0.123 e. The van der Waals surface area contributed by atoms with E-state index in [0.29, 0.717) is 5.82 Å². The van der Waals surface area contributed by atoms with E-state index in [-0.39, 0.29) is 12.4 Å². The number of hydrogen-bond acceptors (Lipinski definition) is 4. The fourth-order valence-corrected chi connectivity index (χ4v) is 2.56. The van der Waals surface area contributed by atoms with Crippen molar-refractivity contribution in [3.05, 3.63) is 46.3 Å². The number of pyridine rings is 1. The lowest BCUT2D eigenvalue weighted by Gasteiger charge is -2.19. The number of rotatable bonds is 6. The van der Waals surface area contributed by atoms with E-state index in [1.807, 2.05) is 23.6 Å². The molecule has 19 heavy (non-hydrogen) atoms. The van der Waals surface area contributed by atoms with Gasteiger partial charge in [0.2, 0.25) is 0 Å². The van der Waals surface area contributed by atoms with Crippen LogP contribution >= 0.6 is 23.7 Å². The van der Waals surface area contributed by atoms with Crippen molar-refractivity contribution in [2.24, 2.45) is 0 Å². The molecule has 0 radical (unpaired) electrons. The van der Waals surface area contributed by atoms with Gasteiger partial charge in [0.15, 0.2) is 0 Å². The van der Waals surface area contributed by atoms with Crippen LogP contribution in [0.15, 0.2) is 35.8 Å². The SMILES string of the molecule is CCN(CCc1cccs1)Cc1ccc(N)nc1.Cl. The van der Waals surface area contributed by atoms with E-state index in [0.717, 1.165) is 26.1 Å². The number of hydrogen-bond donors (Lipinski definition) is 1. The van der Waals surface area contributed by atoms with Crippen LogP contribution in [0.25, 0.3) is 0 Å². The molecule has 0 saturated heterocycles. The van der Waals surface area contributed by atoms with Crippen molar-refractivity contribution in [2.75, 3.05) is 18.8 Å². The summed E-state index contributed by atoms with van der Waals surface area (Å²) in [5.41, 5.74) is 6.81. The van der Waals surface area contributed by atoms with E-state index in [1.165, 1.54) is 10.4 Å². The Bertz CT molecular complexity index is 456. The second kappa shape index (κ2) is 8.15. The van der Waals surface area contributed by atoms with Gasteiger partial charge in [-0.25, -0.2) is 4.98 Å². The summed E-state index contributed by atoms with van der Waals surface area (Å²) in [6, 6.07) is 8.22. The molecule has 0 aliphatic rings. The van der Waals surface area contributed by atoms with E-state index >= 15 is 0 Å². The molecule has 0 aromatic carbocycles. The van der Waals surface area contributed by atoms with Crippen molar-refractivity contribution in [2.45, 2.75) is 19.9 Å². The molecule has 0 aliphatic carbocycles. The van der Waals surface area contributed by atoms with E-state index in [2.05, 4.69) is 40.4 Å². The van der Waals surface area contributed by atoms with Crippen LogP contribution in [0.3, 0.4) is 0 Å². The topological polar surface area (TPSA) is 42.1 Å². The van der Waals surface area contributed by atoms with Crippen molar-refractivity contribution in [3.63, 3.8) is 0 Å². The summed E-state index contributed by atoms with van der Waals surface area (Å²) in [5.74, 6) is 0.584. The number of halogens is 1. The minimum Gasteiger partial charge on any atom is -0.384 e. The molecule has 2 heterocycles. The summed E-state index contributed by atoms with van der Waals surface area (Å²) in [6.07, 6.45) is 2.98. The van der Waals surface area contributed by atoms with Gasteiger partial charge in [-0.3, -0.25) is 4.90 Å². The minimum absolute atomic E-state index is 0. The largest absolute Gasteiger partial charge is 0.384 e. The zero-order valence-electron chi connectivity index (χ0n) is 11.1. The molecular formula is C14H20ClN3S. The molecule has 3 nitrogen and oxygen atoms in total. The highest BCUT2D eigenvalue weighted by Crippen LogP contribution is 2.11. The quantitative estimate of drug-likeness (QED) is 0.890. The first kappa shape index (κ1) is 16.0. The molecule has 5 heteroatoms. The number of aromatic nitrogens is 1. The van der Waals surface area contributed by atoms with Gasteiger partial charge in [-0.05, 0) is 36.0 Å². The molecule has 0 saturated carbocycles. The lowest BCUT2D eigenvalue weighted by Crippen LogP contribution is -2.25. The molecule has 2 rings (SSSR count). The summed E-state index contributed by atoms with van der Waals surface area (Å²) in [4.78, 5) is 8.00. The second-order valence-corrected chi connectivity index (χ2v) is 5.32. The lowest BCUT2D eigenvalue weighted by molar-refractivity contribution is 0.284. The van der Waals surface area contributed by atoms with Gasteiger partial charge >= 0.3 is 0 Å². The zero-order chi connectivity index (χ0) is 12.8. The highest BCUT2D eigenvalue weighted by molar-refractivity contribution is 7.09. The van der Waals surface area contributed by atoms with Crippen LogP contribution in [-0.4, -0.2) is 23.0 Å². The first-order valence-electron chi connectivity index (χ1n) is 6.23. The lowest BCUT2D eigenvalue weighted by atomic mass is 10.2. The van der Waals surface area contributed by atoms with Crippen LogP contribution in [0, 0.1) is 0 Å². The first-order valence-corrected chi connectivity index (χ1v) is 7.11. The predicted molar refractivity (Wildman–Crippen MR) is 84.9 cm³/mol. The predicted octanol–water partition coefficient (Wildman–Crippen LogP) is 3.21. The van der Waals surface area contributed by atoms with Gasteiger partial charge in [-0.2, -0.15) is 0 Å². The Kier molecular flexibility index (Phi) is 6.84. The highest BCUT2D eigenvalue weighted by Gasteiger charge is 2.05. The third-order valence-electron chi connectivity index (χ3n) is 2.96. The molecule has 2 aromatic rings. The van der Waals surface area contributed by atoms with Gasteiger partial charge < -0.3 is 5.73 Å². The van der Waals surface area contributed by atoms with Crippen molar-refractivity contribution in [3.8, 4) is 0 Å². The number of likely N-dealkylation sites (N-methyl/N-ethyl adjacent to an activating group) is 1. The normalized spacial score (nSPS) is 10.4. The Morgan fingerprint density at radius 3 is 2.74 bits per heavy atom. The average Bonchev–Trinajstić information content (AvgIpc) is 2.90. The number of thiophene rings is 1. The molecule has 0 bridgehead atoms. The van der Waals surface area contributed by atoms with Crippen LogP contribution < -0.4 is 5.73 Å². The fourth-order valence-electron chi connectivity index (χ4n) is 1.86. The van der Waals surface area contributed by atoms with E-state index in [4.69, 9.17) is 5.73 Å². The monoisotopic (exact) mass is 297 g/mol. The van der Waals surface area contributed by atoms with Crippen molar-refractivity contribution >= 4 is 29.6 Å². The van der Waals surface area contributed by atoms with E-state index in [9.17, 15) is 0 Å². The Morgan fingerprint density at radius 1 is 1.32 bits per heavy atom. The Balaban J connectivity index is 0.00000180. The van der Waals surface area contributed by atoms with Crippen LogP contribution in [0.1, 0.15) is 17.4 Å². The van der Waals surface area contributed by atoms with E-state index < -0.39 is 0 Å². The van der Waals surface area contributed by atoms with Gasteiger partial charge in [0, 0.05) is 24.2 Å². The minimum atomic E-state index is 0. The van der Waals surface area contributed by atoms with Crippen LogP contribution in [0.2, 0.25) is 0 Å². The third-order valence-corrected chi connectivity index (χ3v) is 3.89. The second-order valence-electron chi connectivity index (χ2n) is 4.29. The van der Waals surface area contributed by atoms with Crippen molar-refractivity contribution in [1.29, 1.82) is 0 Å². The van der Waals surface area contributed by atoms with Gasteiger partial charge in [0.25, 0.3) is 0 Å². The summed E-state index contributed by atoms with van der Waals surface area (Å²) in [6.45, 7) is 5.27. The first-order chi connectivity index (χ1) is 8.78. The third kappa shape index (κ3) is 5.19. The molecule has 0 atom stereocenters. The van der Waals surface area contributed by atoms with Gasteiger partial charge in [-0.15, -0.1) is 23.7 Å². The standard InChI is InChI=1S/C14H19N3S.ClH/c1-2-17(8-7-13-4-3-9-18-13)11-12-5-6-14(15)16-10-12;/h3-6,9-10H,2,7-8,11H2,1H3,(H2,15,16);1H. The maximum Gasteiger partial charge on any atom is 0.123 e. The summed E-state index contributed by atoms with van der Waals surface area (Å²) >= 11 is 1.83. The Hall–Kier alpha value is -1.10. The Labute approximate surface area is 124 Å². The fraction of sp³-hybridized carbons (Fsp3) is 0.357. The van der Waals surface area contributed by atoms with Gasteiger partial charge in [0.05, 0.1) is 0 Å². The number of nitrogen functional groups attached to an aromatic ring is 1. The van der Waals surface area contributed by atoms with Crippen molar-refractivity contribution < 1.29 is 0 Å². The van der Waals surface area contributed by atoms with Crippen LogP contribution in [-0.2, 0) is 13.0 Å². The zero-order valence-corrected chi connectivity index (χ0v) is 12.7. The summed E-state index contributed by atoms with van der Waals surface area (Å²) in [5, 5.41) is 2.13. The molecule has 2 aromatic heterocycles. The number of anilines is 1. The van der Waals surface area contributed by atoms with Crippen LogP contribution in [0.5, 0.6) is 0 Å². The van der Waals surface area contributed by atoms with Gasteiger partial charge in [0.1, 0.15) is 5.82 Å². The summed E-state index contributed by atoms with van der Waals surface area (Å²) < 4.78 is 0.